The smallest absolute Gasteiger partial charge is 0.0134 e. The van der Waals surface area contributed by atoms with Crippen molar-refractivity contribution in [2.24, 2.45) is 0 Å². The molecule has 108 valence electrons. The SMILES string of the molecule is Cl.[SiH4].c1ccc(P(c2ccccc2)c2ccccc2)cc1. The summed E-state index contributed by atoms with van der Waals surface area (Å²) in [5.41, 5.74) is 0. The van der Waals surface area contributed by atoms with Gasteiger partial charge in [0.2, 0.25) is 0 Å². The number of benzene rings is 3. The van der Waals surface area contributed by atoms with Gasteiger partial charge in [0.1, 0.15) is 0 Å². The zero-order valence-electron chi connectivity index (χ0n) is 11.0. The molecule has 0 unspecified atom stereocenters. The largest absolute Gasteiger partial charge is 0.147 e. The van der Waals surface area contributed by atoms with Crippen molar-refractivity contribution in [1.29, 1.82) is 0 Å². The topological polar surface area (TPSA) is 0 Å². The van der Waals surface area contributed by atoms with Gasteiger partial charge in [-0.2, -0.15) is 0 Å². The van der Waals surface area contributed by atoms with Gasteiger partial charge in [0.15, 0.2) is 0 Å². The molecule has 0 nitrogen and oxygen atoms in total. The van der Waals surface area contributed by atoms with Crippen LogP contribution in [0.3, 0.4) is 0 Å². The zero-order valence-corrected chi connectivity index (χ0v) is 12.7. The van der Waals surface area contributed by atoms with E-state index in [9.17, 15) is 0 Å². The maximum Gasteiger partial charge on any atom is -0.0134 e. The molecule has 3 heteroatoms. The Bertz CT molecular complexity index is 535. The first-order valence-corrected chi connectivity index (χ1v) is 7.74. The highest BCUT2D eigenvalue weighted by Crippen LogP contribution is 2.32. The van der Waals surface area contributed by atoms with E-state index in [1.165, 1.54) is 15.9 Å². The van der Waals surface area contributed by atoms with Crippen LogP contribution in [0.4, 0.5) is 0 Å². The van der Waals surface area contributed by atoms with Crippen LogP contribution in [0.25, 0.3) is 0 Å². The zero-order chi connectivity index (χ0) is 12.9. The van der Waals surface area contributed by atoms with Crippen molar-refractivity contribution in [2.45, 2.75) is 0 Å². The van der Waals surface area contributed by atoms with E-state index in [1.807, 2.05) is 0 Å². The fraction of sp³-hybridized carbons (Fsp3) is 0. The monoisotopic (exact) mass is 330 g/mol. The quantitative estimate of drug-likeness (QED) is 0.511. The van der Waals surface area contributed by atoms with Gasteiger partial charge < -0.3 is 0 Å². The molecule has 0 fully saturated rings. The third-order valence-corrected chi connectivity index (χ3v) is 5.49. The van der Waals surface area contributed by atoms with E-state index in [1.54, 1.807) is 0 Å². The predicted molar refractivity (Wildman–Crippen MR) is 104 cm³/mol. The summed E-state index contributed by atoms with van der Waals surface area (Å²) in [6.45, 7) is 0. The van der Waals surface area contributed by atoms with Crippen molar-refractivity contribution in [3.63, 3.8) is 0 Å². The summed E-state index contributed by atoms with van der Waals surface area (Å²) in [4.78, 5) is 0. The first-order valence-electron chi connectivity index (χ1n) is 6.40. The van der Waals surface area contributed by atoms with Gasteiger partial charge in [-0.15, -0.1) is 12.4 Å². The van der Waals surface area contributed by atoms with Crippen LogP contribution in [0, 0.1) is 0 Å². The van der Waals surface area contributed by atoms with Crippen molar-refractivity contribution in [3.05, 3.63) is 91.0 Å². The van der Waals surface area contributed by atoms with Crippen LogP contribution >= 0.6 is 20.3 Å². The summed E-state index contributed by atoms with van der Waals surface area (Å²) in [5, 5.41) is 4.19. The lowest BCUT2D eigenvalue weighted by atomic mass is 10.4. The van der Waals surface area contributed by atoms with Crippen LogP contribution in [0.2, 0.25) is 0 Å². The predicted octanol–water partition coefficient (Wildman–Crippen LogP) is 2.41. The first-order chi connectivity index (χ1) is 9.45. The van der Waals surface area contributed by atoms with E-state index in [4.69, 9.17) is 0 Å². The van der Waals surface area contributed by atoms with E-state index in [0.717, 1.165) is 0 Å². The molecule has 0 bridgehead atoms. The van der Waals surface area contributed by atoms with E-state index in [-0.39, 0.29) is 23.4 Å². The number of hydrogen-bond acceptors (Lipinski definition) is 0. The number of rotatable bonds is 3. The van der Waals surface area contributed by atoms with Crippen LogP contribution in [0.1, 0.15) is 0 Å². The van der Waals surface area contributed by atoms with Crippen LogP contribution in [0.5, 0.6) is 0 Å². The molecule has 3 rings (SSSR count). The Morgan fingerprint density at radius 3 is 0.905 bits per heavy atom. The maximum absolute atomic E-state index is 2.23. The Hall–Kier alpha value is -1.40. The molecule has 0 radical (unpaired) electrons. The summed E-state index contributed by atoms with van der Waals surface area (Å²) in [6.07, 6.45) is 0. The van der Waals surface area contributed by atoms with Gasteiger partial charge >= 0.3 is 0 Å². The average Bonchev–Trinajstić information content (AvgIpc) is 2.51. The minimum atomic E-state index is -0.446. The van der Waals surface area contributed by atoms with Crippen molar-refractivity contribution in [3.8, 4) is 0 Å². The lowest BCUT2D eigenvalue weighted by Gasteiger charge is -2.18. The number of halogens is 1. The summed E-state index contributed by atoms with van der Waals surface area (Å²) < 4.78 is 0. The van der Waals surface area contributed by atoms with Gasteiger partial charge in [-0.05, 0) is 34.8 Å². The summed E-state index contributed by atoms with van der Waals surface area (Å²) in [5.74, 6) is 0. The lowest BCUT2D eigenvalue weighted by Crippen LogP contribution is -2.20. The molecule has 0 aliphatic heterocycles. The molecular formula is C18H20ClPSi. The minimum absolute atomic E-state index is 0. The fourth-order valence-corrected chi connectivity index (χ4v) is 4.48. The molecule has 3 aromatic carbocycles. The second kappa shape index (κ2) is 8.79. The molecule has 21 heavy (non-hydrogen) atoms. The molecule has 3 aromatic rings. The normalized spacial score (nSPS) is 9.57. The second-order valence-electron chi connectivity index (χ2n) is 4.34. The highest BCUT2D eigenvalue weighted by Gasteiger charge is 2.14. The van der Waals surface area contributed by atoms with Crippen molar-refractivity contribution in [1.82, 2.24) is 0 Å². The molecule has 0 heterocycles. The van der Waals surface area contributed by atoms with Gasteiger partial charge in [0.05, 0.1) is 0 Å². The maximum atomic E-state index is 2.23. The van der Waals surface area contributed by atoms with Gasteiger partial charge in [0.25, 0.3) is 0 Å². The van der Waals surface area contributed by atoms with Gasteiger partial charge in [-0.25, -0.2) is 0 Å². The van der Waals surface area contributed by atoms with Crippen LogP contribution in [-0.4, -0.2) is 11.0 Å². The van der Waals surface area contributed by atoms with E-state index >= 15 is 0 Å². The van der Waals surface area contributed by atoms with Crippen LogP contribution in [-0.2, 0) is 0 Å². The van der Waals surface area contributed by atoms with Gasteiger partial charge in [-0.3, -0.25) is 0 Å². The molecule has 0 N–H and O–H groups in total. The van der Waals surface area contributed by atoms with Gasteiger partial charge in [0, 0.05) is 0 Å². The molecule has 0 saturated carbocycles. The molecule has 0 spiro atoms. The molecule has 0 saturated heterocycles. The summed E-state index contributed by atoms with van der Waals surface area (Å²) in [6, 6.07) is 32.3. The standard InChI is InChI=1S/C18H15P.ClH.H4Si/c1-4-10-16(11-5-1)19(17-12-6-2-7-13-17)18-14-8-3-9-15-18;;/h1-15H;1H;1H4. The number of hydrogen-bond donors (Lipinski definition) is 0. The fourth-order valence-electron chi connectivity index (χ4n) is 2.18. The highest BCUT2D eigenvalue weighted by molar-refractivity contribution is 7.79. The highest BCUT2D eigenvalue weighted by atomic mass is 35.5. The molecular weight excluding hydrogens is 311 g/mol. The summed E-state index contributed by atoms with van der Waals surface area (Å²) in [7, 11) is -0.446. The third kappa shape index (κ3) is 4.28. The Morgan fingerprint density at radius 2 is 0.667 bits per heavy atom. The molecule has 0 aliphatic rings. The molecule has 0 atom stereocenters. The first kappa shape index (κ1) is 17.6. The summed E-state index contributed by atoms with van der Waals surface area (Å²) >= 11 is 0. The lowest BCUT2D eigenvalue weighted by molar-refractivity contribution is 1.74. The van der Waals surface area contributed by atoms with Crippen LogP contribution in [0.15, 0.2) is 91.0 Å². The molecule has 0 amide bonds. The molecule has 0 aliphatic carbocycles. The van der Waals surface area contributed by atoms with Crippen molar-refractivity contribution in [2.75, 3.05) is 0 Å². The van der Waals surface area contributed by atoms with Crippen molar-refractivity contribution < 1.29 is 0 Å². The average molecular weight is 331 g/mol. The Morgan fingerprint density at radius 1 is 0.429 bits per heavy atom. The Kier molecular flexibility index (Phi) is 7.39. The van der Waals surface area contributed by atoms with E-state index in [0.29, 0.717) is 0 Å². The van der Waals surface area contributed by atoms with Crippen molar-refractivity contribution >= 4 is 47.2 Å². The van der Waals surface area contributed by atoms with Crippen LogP contribution < -0.4 is 15.9 Å². The third-order valence-electron chi connectivity index (χ3n) is 3.04. The molecule has 0 aromatic heterocycles. The Balaban J connectivity index is 0.00000110. The Labute approximate surface area is 138 Å². The minimum Gasteiger partial charge on any atom is -0.147 e. The van der Waals surface area contributed by atoms with E-state index < -0.39 is 7.92 Å². The van der Waals surface area contributed by atoms with E-state index in [2.05, 4.69) is 91.0 Å². The second-order valence-corrected chi connectivity index (χ2v) is 6.56. The van der Waals surface area contributed by atoms with Gasteiger partial charge in [-0.1, -0.05) is 91.0 Å².